The van der Waals surface area contributed by atoms with Gasteiger partial charge >= 0.3 is 5.97 Å². The van der Waals surface area contributed by atoms with Gasteiger partial charge in [-0.15, -0.1) is 0 Å². The average Bonchev–Trinajstić information content (AvgIpc) is 3.33. The van der Waals surface area contributed by atoms with Gasteiger partial charge in [0.25, 0.3) is 5.91 Å². The Balaban J connectivity index is 1.22. The van der Waals surface area contributed by atoms with Gasteiger partial charge in [0.1, 0.15) is 5.75 Å². The molecule has 1 aliphatic heterocycles. The van der Waals surface area contributed by atoms with Crippen LogP contribution in [-0.4, -0.2) is 42.4 Å². The maximum atomic E-state index is 12.3. The van der Waals surface area contributed by atoms with Crippen molar-refractivity contribution in [2.45, 2.75) is 6.42 Å². The number of hydrazone groups is 1. The summed E-state index contributed by atoms with van der Waals surface area (Å²) in [4.78, 5) is 24.2. The zero-order valence-electron chi connectivity index (χ0n) is 16.9. The van der Waals surface area contributed by atoms with Crippen LogP contribution in [0.3, 0.4) is 0 Å². The Kier molecular flexibility index (Phi) is 6.38. The summed E-state index contributed by atoms with van der Waals surface area (Å²) in [7, 11) is 0. The van der Waals surface area contributed by atoms with E-state index in [0.29, 0.717) is 18.7 Å². The smallest absolute Gasteiger partial charge is 0.344 e. The second-order valence-corrected chi connectivity index (χ2v) is 7.02. The zero-order valence-corrected chi connectivity index (χ0v) is 16.9. The standard InChI is InChI=1S/C25H22N2O4/c28-24(27-16-15-23(26-27)21-9-5-2-6-10-21)17-31-25(29)18-30-22-13-11-20(12-14-22)19-7-3-1-4-8-19/h1-14H,15-18H2. The maximum absolute atomic E-state index is 12.3. The van der Waals surface area contributed by atoms with E-state index in [4.69, 9.17) is 9.47 Å². The molecule has 0 spiro atoms. The molecule has 156 valence electrons. The Morgan fingerprint density at radius 1 is 0.774 bits per heavy atom. The van der Waals surface area contributed by atoms with Crippen LogP contribution in [0.4, 0.5) is 0 Å². The number of carbonyl (C=O) groups excluding carboxylic acids is 2. The van der Waals surface area contributed by atoms with Gasteiger partial charge in [-0.3, -0.25) is 4.79 Å². The highest BCUT2D eigenvalue weighted by molar-refractivity contribution is 6.02. The molecule has 6 heteroatoms. The van der Waals surface area contributed by atoms with E-state index in [9.17, 15) is 9.59 Å². The highest BCUT2D eigenvalue weighted by Gasteiger charge is 2.22. The molecule has 0 unspecified atom stereocenters. The molecule has 3 aromatic rings. The average molecular weight is 414 g/mol. The predicted octanol–water partition coefficient (Wildman–Crippen LogP) is 3.91. The van der Waals surface area contributed by atoms with E-state index in [1.54, 1.807) is 12.1 Å². The van der Waals surface area contributed by atoms with Crippen molar-refractivity contribution in [1.29, 1.82) is 0 Å². The largest absolute Gasteiger partial charge is 0.482 e. The Hall–Kier alpha value is -3.93. The second-order valence-electron chi connectivity index (χ2n) is 7.02. The van der Waals surface area contributed by atoms with Gasteiger partial charge in [-0.1, -0.05) is 72.8 Å². The molecule has 6 nitrogen and oxygen atoms in total. The monoisotopic (exact) mass is 414 g/mol. The number of nitrogens with zero attached hydrogens (tertiary/aromatic N) is 2. The fourth-order valence-corrected chi connectivity index (χ4v) is 3.25. The van der Waals surface area contributed by atoms with Crippen LogP contribution in [0.5, 0.6) is 5.75 Å². The van der Waals surface area contributed by atoms with E-state index in [1.807, 2.05) is 72.8 Å². The number of rotatable bonds is 7. The molecule has 3 aromatic carbocycles. The second kappa shape index (κ2) is 9.71. The highest BCUT2D eigenvalue weighted by atomic mass is 16.6. The number of carbonyl (C=O) groups is 2. The van der Waals surface area contributed by atoms with Crippen LogP contribution in [0.1, 0.15) is 12.0 Å². The van der Waals surface area contributed by atoms with E-state index < -0.39 is 5.97 Å². The molecular weight excluding hydrogens is 392 g/mol. The fourth-order valence-electron chi connectivity index (χ4n) is 3.25. The first-order valence-electron chi connectivity index (χ1n) is 10.1. The summed E-state index contributed by atoms with van der Waals surface area (Å²) in [5, 5.41) is 5.69. The number of esters is 1. The van der Waals surface area contributed by atoms with Crippen molar-refractivity contribution in [3.05, 3.63) is 90.5 Å². The zero-order chi connectivity index (χ0) is 21.5. The summed E-state index contributed by atoms with van der Waals surface area (Å²) in [5.74, 6) is -0.405. The quantitative estimate of drug-likeness (QED) is 0.550. The van der Waals surface area contributed by atoms with Crippen LogP contribution in [-0.2, 0) is 14.3 Å². The van der Waals surface area contributed by atoms with E-state index in [2.05, 4.69) is 5.10 Å². The lowest BCUT2D eigenvalue weighted by Crippen LogP contribution is -2.29. The van der Waals surface area contributed by atoms with Crippen LogP contribution in [0.25, 0.3) is 11.1 Å². The van der Waals surface area contributed by atoms with Gasteiger partial charge in [-0.05, 0) is 28.8 Å². The van der Waals surface area contributed by atoms with Gasteiger partial charge in [-0.2, -0.15) is 5.10 Å². The first-order valence-corrected chi connectivity index (χ1v) is 10.1. The molecule has 0 bridgehead atoms. The third-order valence-corrected chi connectivity index (χ3v) is 4.87. The molecular formula is C25H22N2O4. The third kappa shape index (κ3) is 5.36. The van der Waals surface area contributed by atoms with Crippen LogP contribution in [0.15, 0.2) is 90.0 Å². The summed E-state index contributed by atoms with van der Waals surface area (Å²) in [6.07, 6.45) is 0.672. The highest BCUT2D eigenvalue weighted by Crippen LogP contribution is 2.22. The molecule has 0 N–H and O–H groups in total. The Bertz CT molecular complexity index is 1060. The van der Waals surface area contributed by atoms with Gasteiger partial charge in [0.15, 0.2) is 13.2 Å². The number of hydrogen-bond acceptors (Lipinski definition) is 5. The summed E-state index contributed by atoms with van der Waals surface area (Å²) in [5.41, 5.74) is 4.00. The molecule has 0 radical (unpaired) electrons. The van der Waals surface area contributed by atoms with Gasteiger partial charge in [0.05, 0.1) is 12.3 Å². The number of amides is 1. The van der Waals surface area contributed by atoms with E-state index in [0.717, 1.165) is 22.4 Å². The minimum Gasteiger partial charge on any atom is -0.482 e. The summed E-state index contributed by atoms with van der Waals surface area (Å²) in [6.45, 7) is -0.151. The van der Waals surface area contributed by atoms with E-state index in [-0.39, 0.29) is 19.1 Å². The SMILES string of the molecule is O=C(COc1ccc(-c2ccccc2)cc1)OCC(=O)N1CCC(c2ccccc2)=N1. The molecule has 0 saturated heterocycles. The lowest BCUT2D eigenvalue weighted by Gasteiger charge is -2.12. The molecule has 0 aromatic heterocycles. The summed E-state index contributed by atoms with van der Waals surface area (Å²) >= 11 is 0. The topological polar surface area (TPSA) is 68.2 Å². The van der Waals surface area contributed by atoms with Crippen LogP contribution in [0, 0.1) is 0 Å². The maximum Gasteiger partial charge on any atom is 0.344 e. The van der Waals surface area contributed by atoms with E-state index in [1.165, 1.54) is 5.01 Å². The molecule has 1 heterocycles. The molecule has 0 aliphatic carbocycles. The van der Waals surface area contributed by atoms with Crippen molar-refractivity contribution in [2.24, 2.45) is 5.10 Å². The van der Waals surface area contributed by atoms with Gasteiger partial charge in [-0.25, -0.2) is 9.80 Å². The lowest BCUT2D eigenvalue weighted by atomic mass is 10.1. The Labute approximate surface area is 180 Å². The van der Waals surface area contributed by atoms with Crippen molar-refractivity contribution in [3.63, 3.8) is 0 Å². The van der Waals surface area contributed by atoms with Gasteiger partial charge in [0, 0.05) is 6.42 Å². The number of ether oxygens (including phenoxy) is 2. The minimum atomic E-state index is -0.605. The molecule has 4 rings (SSSR count). The summed E-state index contributed by atoms with van der Waals surface area (Å²) < 4.78 is 10.5. The van der Waals surface area contributed by atoms with Crippen molar-refractivity contribution in [3.8, 4) is 16.9 Å². The molecule has 31 heavy (non-hydrogen) atoms. The molecule has 1 amide bonds. The fraction of sp³-hybridized carbons (Fsp3) is 0.160. The van der Waals surface area contributed by atoms with Crippen molar-refractivity contribution in [2.75, 3.05) is 19.8 Å². The Morgan fingerprint density at radius 2 is 1.39 bits per heavy atom. The first kappa shape index (κ1) is 20.3. The summed E-state index contributed by atoms with van der Waals surface area (Å²) in [6, 6.07) is 27.1. The molecule has 0 atom stereocenters. The van der Waals surface area contributed by atoms with Crippen LogP contribution < -0.4 is 4.74 Å². The van der Waals surface area contributed by atoms with Gasteiger partial charge in [0.2, 0.25) is 0 Å². The van der Waals surface area contributed by atoms with Crippen molar-refractivity contribution in [1.82, 2.24) is 5.01 Å². The van der Waals surface area contributed by atoms with Gasteiger partial charge < -0.3 is 9.47 Å². The van der Waals surface area contributed by atoms with Crippen LogP contribution >= 0.6 is 0 Å². The molecule has 0 saturated carbocycles. The molecule has 1 aliphatic rings. The van der Waals surface area contributed by atoms with Crippen molar-refractivity contribution >= 4 is 17.6 Å². The Morgan fingerprint density at radius 3 is 2.06 bits per heavy atom. The minimum absolute atomic E-state index is 0.267. The third-order valence-electron chi connectivity index (χ3n) is 4.87. The first-order chi connectivity index (χ1) is 15.2. The normalized spacial score (nSPS) is 12.9. The number of benzene rings is 3. The predicted molar refractivity (Wildman–Crippen MR) is 118 cm³/mol. The number of hydrogen-bond donors (Lipinski definition) is 0. The lowest BCUT2D eigenvalue weighted by molar-refractivity contribution is -0.153. The molecule has 0 fully saturated rings. The van der Waals surface area contributed by atoms with Crippen LogP contribution in [0.2, 0.25) is 0 Å². The van der Waals surface area contributed by atoms with E-state index >= 15 is 0 Å². The van der Waals surface area contributed by atoms with Crippen molar-refractivity contribution < 1.29 is 19.1 Å².